The van der Waals surface area contributed by atoms with E-state index in [0.717, 1.165) is 35.6 Å². The van der Waals surface area contributed by atoms with Crippen molar-refractivity contribution >= 4 is 15.9 Å². The average molecular weight is 324 g/mol. The molecule has 2 rings (SSSR count). The Bertz CT molecular complexity index is 653. The van der Waals surface area contributed by atoms with Crippen LogP contribution < -0.4 is 5.32 Å². The molecule has 0 fully saturated rings. The number of nitrogens with one attached hydrogen (secondary N) is 1. The standard InChI is InChI=1S/C16H24N2O3S/c1-12(2)17-16(19)11-18(3)22(20,21)15-9-8-13-6-4-5-7-14(13)10-15/h8-10,12H,4-7,11H2,1-3H3,(H,17,19). The number of fused-ring (bicyclic) bond motifs is 1. The van der Waals surface area contributed by atoms with E-state index in [1.807, 2.05) is 19.9 Å². The molecular weight excluding hydrogens is 300 g/mol. The van der Waals surface area contributed by atoms with E-state index in [1.165, 1.54) is 12.6 Å². The fourth-order valence-corrected chi connectivity index (χ4v) is 3.88. The van der Waals surface area contributed by atoms with Crippen molar-refractivity contribution in [2.75, 3.05) is 13.6 Å². The van der Waals surface area contributed by atoms with Crippen LogP contribution in [0.15, 0.2) is 23.1 Å². The molecule has 1 aliphatic carbocycles. The normalized spacial score (nSPS) is 15.0. The van der Waals surface area contributed by atoms with Gasteiger partial charge in [-0.2, -0.15) is 4.31 Å². The van der Waals surface area contributed by atoms with Crippen molar-refractivity contribution in [3.63, 3.8) is 0 Å². The number of aryl methyl sites for hydroxylation is 2. The summed E-state index contributed by atoms with van der Waals surface area (Å²) in [6.07, 6.45) is 4.20. The summed E-state index contributed by atoms with van der Waals surface area (Å²) in [5.74, 6) is -0.293. The summed E-state index contributed by atoms with van der Waals surface area (Å²) in [4.78, 5) is 12.0. The zero-order chi connectivity index (χ0) is 16.3. The van der Waals surface area contributed by atoms with Gasteiger partial charge >= 0.3 is 0 Å². The molecule has 1 aliphatic rings. The molecular formula is C16H24N2O3S. The van der Waals surface area contributed by atoms with Crippen LogP contribution in [0, 0.1) is 0 Å². The minimum atomic E-state index is -3.63. The van der Waals surface area contributed by atoms with Crippen LogP contribution >= 0.6 is 0 Å². The molecule has 0 saturated carbocycles. The summed E-state index contributed by atoms with van der Waals surface area (Å²) in [7, 11) is -2.19. The van der Waals surface area contributed by atoms with E-state index in [1.54, 1.807) is 12.1 Å². The topological polar surface area (TPSA) is 66.5 Å². The van der Waals surface area contributed by atoms with Crippen LogP contribution in [0.2, 0.25) is 0 Å². The monoisotopic (exact) mass is 324 g/mol. The molecule has 0 saturated heterocycles. The highest BCUT2D eigenvalue weighted by Crippen LogP contribution is 2.25. The summed E-state index contributed by atoms with van der Waals surface area (Å²) < 4.78 is 26.3. The fraction of sp³-hybridized carbons (Fsp3) is 0.562. The van der Waals surface area contributed by atoms with Crippen LogP contribution in [0.1, 0.15) is 37.8 Å². The van der Waals surface area contributed by atoms with Gasteiger partial charge in [-0.1, -0.05) is 6.07 Å². The van der Waals surface area contributed by atoms with Crippen molar-refractivity contribution in [3.8, 4) is 0 Å². The summed E-state index contributed by atoms with van der Waals surface area (Å²) in [5, 5.41) is 2.70. The number of hydrogen-bond acceptors (Lipinski definition) is 3. The predicted molar refractivity (Wildman–Crippen MR) is 86.2 cm³/mol. The third-order valence-electron chi connectivity index (χ3n) is 3.84. The van der Waals surface area contributed by atoms with Gasteiger partial charge in [0.1, 0.15) is 0 Å². The zero-order valence-corrected chi connectivity index (χ0v) is 14.2. The van der Waals surface area contributed by atoms with Crippen LogP contribution in [0.25, 0.3) is 0 Å². The lowest BCUT2D eigenvalue weighted by Gasteiger charge is -2.20. The number of sulfonamides is 1. The average Bonchev–Trinajstić information content (AvgIpc) is 2.45. The number of nitrogens with zero attached hydrogens (tertiary/aromatic N) is 1. The molecule has 0 bridgehead atoms. The Labute approximate surface area is 132 Å². The first kappa shape index (κ1) is 17.0. The van der Waals surface area contributed by atoms with E-state index in [4.69, 9.17) is 0 Å². The largest absolute Gasteiger partial charge is 0.353 e. The first-order chi connectivity index (χ1) is 10.3. The third-order valence-corrected chi connectivity index (χ3v) is 5.64. The molecule has 1 amide bonds. The zero-order valence-electron chi connectivity index (χ0n) is 13.4. The second-order valence-electron chi connectivity index (χ2n) is 6.12. The molecule has 0 aliphatic heterocycles. The highest BCUT2D eigenvalue weighted by atomic mass is 32.2. The van der Waals surface area contributed by atoms with Crippen molar-refractivity contribution < 1.29 is 13.2 Å². The van der Waals surface area contributed by atoms with E-state index in [-0.39, 0.29) is 23.4 Å². The highest BCUT2D eigenvalue weighted by molar-refractivity contribution is 7.89. The third kappa shape index (κ3) is 3.87. The summed E-state index contributed by atoms with van der Waals surface area (Å²) in [5.41, 5.74) is 2.36. The fourth-order valence-electron chi connectivity index (χ4n) is 2.71. The Morgan fingerprint density at radius 2 is 1.86 bits per heavy atom. The van der Waals surface area contributed by atoms with Gasteiger partial charge in [-0.3, -0.25) is 4.79 Å². The minimum absolute atomic E-state index is 0.00708. The van der Waals surface area contributed by atoms with Crippen LogP contribution in [-0.2, 0) is 27.7 Å². The van der Waals surface area contributed by atoms with E-state index in [9.17, 15) is 13.2 Å². The van der Waals surface area contributed by atoms with Crippen molar-refractivity contribution in [2.45, 2.75) is 50.5 Å². The van der Waals surface area contributed by atoms with Gasteiger partial charge in [0.05, 0.1) is 11.4 Å². The Kier molecular flexibility index (Phi) is 5.24. The van der Waals surface area contributed by atoms with Crippen LogP contribution in [0.5, 0.6) is 0 Å². The Balaban J connectivity index is 2.17. The number of rotatable bonds is 5. The first-order valence-corrected chi connectivity index (χ1v) is 9.12. The van der Waals surface area contributed by atoms with Crippen molar-refractivity contribution in [1.82, 2.24) is 9.62 Å². The molecule has 0 unspecified atom stereocenters. The van der Waals surface area contributed by atoms with Crippen molar-refractivity contribution in [2.24, 2.45) is 0 Å². The van der Waals surface area contributed by atoms with Gasteiger partial charge in [-0.25, -0.2) is 8.42 Å². The molecule has 1 aromatic carbocycles. The lowest BCUT2D eigenvalue weighted by molar-refractivity contribution is -0.121. The number of carbonyl (C=O) groups excluding carboxylic acids is 1. The molecule has 1 aromatic rings. The molecule has 6 heteroatoms. The lowest BCUT2D eigenvalue weighted by atomic mass is 9.92. The smallest absolute Gasteiger partial charge is 0.243 e. The van der Waals surface area contributed by atoms with Crippen molar-refractivity contribution in [3.05, 3.63) is 29.3 Å². The van der Waals surface area contributed by atoms with Gasteiger partial charge in [0.25, 0.3) is 0 Å². The molecule has 0 heterocycles. The molecule has 22 heavy (non-hydrogen) atoms. The number of hydrogen-bond donors (Lipinski definition) is 1. The molecule has 5 nitrogen and oxygen atoms in total. The maximum Gasteiger partial charge on any atom is 0.243 e. The Morgan fingerprint density at radius 1 is 1.23 bits per heavy atom. The first-order valence-electron chi connectivity index (χ1n) is 7.68. The van der Waals surface area contributed by atoms with Gasteiger partial charge in [0.2, 0.25) is 15.9 Å². The van der Waals surface area contributed by atoms with Crippen LogP contribution in [0.3, 0.4) is 0 Å². The number of likely N-dealkylation sites (N-methyl/N-ethyl adjacent to an activating group) is 1. The second kappa shape index (κ2) is 6.79. The molecule has 0 atom stereocenters. The molecule has 0 spiro atoms. The minimum Gasteiger partial charge on any atom is -0.353 e. The Morgan fingerprint density at radius 3 is 2.50 bits per heavy atom. The SMILES string of the molecule is CC(C)NC(=O)CN(C)S(=O)(=O)c1ccc2c(c1)CCCC2. The second-order valence-corrected chi connectivity index (χ2v) is 8.17. The summed E-state index contributed by atoms with van der Waals surface area (Å²) >= 11 is 0. The quantitative estimate of drug-likeness (QED) is 0.896. The summed E-state index contributed by atoms with van der Waals surface area (Å²) in [6.45, 7) is 3.52. The maximum absolute atomic E-state index is 12.6. The predicted octanol–water partition coefficient (Wildman–Crippen LogP) is 1.71. The van der Waals surface area contributed by atoms with E-state index < -0.39 is 10.0 Å². The van der Waals surface area contributed by atoms with Crippen LogP contribution in [-0.4, -0.2) is 38.3 Å². The highest BCUT2D eigenvalue weighted by Gasteiger charge is 2.24. The number of carbonyl (C=O) groups is 1. The van der Waals surface area contributed by atoms with E-state index in [0.29, 0.717) is 0 Å². The maximum atomic E-state index is 12.6. The molecule has 0 aromatic heterocycles. The van der Waals surface area contributed by atoms with Gasteiger partial charge in [0.15, 0.2) is 0 Å². The molecule has 122 valence electrons. The molecule has 1 N–H and O–H groups in total. The summed E-state index contributed by atoms with van der Waals surface area (Å²) in [6, 6.07) is 5.31. The van der Waals surface area contributed by atoms with Gasteiger partial charge in [-0.05, 0) is 62.8 Å². The molecule has 0 radical (unpaired) electrons. The van der Waals surface area contributed by atoms with Crippen LogP contribution in [0.4, 0.5) is 0 Å². The Hall–Kier alpha value is -1.40. The van der Waals surface area contributed by atoms with Gasteiger partial charge < -0.3 is 5.32 Å². The number of amides is 1. The van der Waals surface area contributed by atoms with Gasteiger partial charge in [-0.15, -0.1) is 0 Å². The lowest BCUT2D eigenvalue weighted by Crippen LogP contribution is -2.40. The van der Waals surface area contributed by atoms with Gasteiger partial charge in [0, 0.05) is 13.1 Å². The van der Waals surface area contributed by atoms with E-state index >= 15 is 0 Å². The number of benzene rings is 1. The van der Waals surface area contributed by atoms with Crippen molar-refractivity contribution in [1.29, 1.82) is 0 Å². The van der Waals surface area contributed by atoms with E-state index in [2.05, 4.69) is 5.32 Å².